The third kappa shape index (κ3) is 3.70. The highest BCUT2D eigenvalue weighted by Gasteiger charge is 2.09. The van der Waals surface area contributed by atoms with Crippen LogP contribution in [0.2, 0.25) is 0 Å². The van der Waals surface area contributed by atoms with Crippen LogP contribution >= 0.6 is 0 Å². The van der Waals surface area contributed by atoms with Gasteiger partial charge >= 0.3 is 0 Å². The maximum atomic E-state index is 12.9. The fourth-order valence-corrected chi connectivity index (χ4v) is 2.16. The molecule has 1 aromatic carbocycles. The zero-order chi connectivity index (χ0) is 14.5. The van der Waals surface area contributed by atoms with Crippen LogP contribution in [0.25, 0.3) is 0 Å². The first-order valence-corrected chi connectivity index (χ1v) is 6.69. The number of rotatable bonds is 5. The first-order valence-electron chi connectivity index (χ1n) is 6.69. The zero-order valence-electron chi connectivity index (χ0n) is 12.1. The molecule has 0 aliphatic rings. The molecular formula is C16H20FN3. The van der Waals surface area contributed by atoms with Gasteiger partial charge in [-0.15, -0.1) is 0 Å². The molecule has 2 aromatic rings. The van der Waals surface area contributed by atoms with Crippen LogP contribution < -0.4 is 10.2 Å². The van der Waals surface area contributed by atoms with Gasteiger partial charge in [-0.25, -0.2) is 9.37 Å². The minimum absolute atomic E-state index is 0.198. The maximum Gasteiger partial charge on any atom is 0.151 e. The summed E-state index contributed by atoms with van der Waals surface area (Å²) in [6.07, 6.45) is 2.62. The molecule has 1 aromatic heterocycles. The van der Waals surface area contributed by atoms with Gasteiger partial charge in [0, 0.05) is 26.3 Å². The average Bonchev–Trinajstić information content (AvgIpc) is 2.41. The Bertz CT molecular complexity index is 552. The Kier molecular flexibility index (Phi) is 4.56. The van der Waals surface area contributed by atoms with Crippen molar-refractivity contribution in [1.29, 1.82) is 0 Å². The molecule has 3 nitrogen and oxygen atoms in total. The minimum atomic E-state index is -0.198. The normalized spacial score (nSPS) is 12.0. The summed E-state index contributed by atoms with van der Waals surface area (Å²) in [5.74, 6) is 0.718. The molecule has 2 rings (SSSR count). The van der Waals surface area contributed by atoms with E-state index in [4.69, 9.17) is 0 Å². The van der Waals surface area contributed by atoms with E-state index in [-0.39, 0.29) is 11.9 Å². The molecule has 1 unspecified atom stereocenters. The minimum Gasteiger partial charge on any atom is -0.379 e. The predicted octanol–water partition coefficient (Wildman–Crippen LogP) is 3.33. The Morgan fingerprint density at radius 2 is 1.90 bits per heavy atom. The van der Waals surface area contributed by atoms with Crippen molar-refractivity contribution in [3.8, 4) is 0 Å². The molecule has 0 aliphatic heterocycles. The highest BCUT2D eigenvalue weighted by molar-refractivity contribution is 5.65. The van der Waals surface area contributed by atoms with Gasteiger partial charge in [0.05, 0.1) is 5.69 Å². The number of anilines is 2. The van der Waals surface area contributed by atoms with Crippen molar-refractivity contribution in [2.45, 2.75) is 19.4 Å². The molecule has 0 saturated heterocycles. The molecule has 0 bridgehead atoms. The summed E-state index contributed by atoms with van der Waals surface area (Å²) in [5, 5.41) is 3.46. The van der Waals surface area contributed by atoms with Gasteiger partial charge in [-0.1, -0.05) is 12.1 Å². The lowest BCUT2D eigenvalue weighted by Crippen LogP contribution is -2.21. The van der Waals surface area contributed by atoms with Crippen LogP contribution in [0.5, 0.6) is 0 Å². The Morgan fingerprint density at radius 3 is 2.55 bits per heavy atom. The van der Waals surface area contributed by atoms with E-state index in [2.05, 4.69) is 17.2 Å². The summed E-state index contributed by atoms with van der Waals surface area (Å²) < 4.78 is 12.9. The lowest BCUT2D eigenvalue weighted by atomic mass is 10.1. The first-order chi connectivity index (χ1) is 9.56. The Morgan fingerprint density at radius 1 is 1.20 bits per heavy atom. The van der Waals surface area contributed by atoms with Crippen LogP contribution in [0.1, 0.15) is 12.5 Å². The van der Waals surface area contributed by atoms with E-state index in [1.54, 1.807) is 6.20 Å². The largest absolute Gasteiger partial charge is 0.379 e. The van der Waals surface area contributed by atoms with Crippen LogP contribution in [-0.4, -0.2) is 25.1 Å². The summed E-state index contributed by atoms with van der Waals surface area (Å²) in [6.45, 7) is 2.11. The SMILES string of the molecule is CC(Cc1ccc(F)cc1)Nc1cccnc1N(C)C. The van der Waals surface area contributed by atoms with Gasteiger partial charge in [0.2, 0.25) is 0 Å². The number of pyridine rings is 1. The monoisotopic (exact) mass is 273 g/mol. The summed E-state index contributed by atoms with van der Waals surface area (Å²) >= 11 is 0. The van der Waals surface area contributed by atoms with E-state index in [9.17, 15) is 4.39 Å². The Hall–Kier alpha value is -2.10. The third-order valence-corrected chi connectivity index (χ3v) is 3.07. The fraction of sp³-hybridized carbons (Fsp3) is 0.312. The highest BCUT2D eigenvalue weighted by Crippen LogP contribution is 2.21. The van der Waals surface area contributed by atoms with Gasteiger partial charge in [-0.05, 0) is 43.2 Å². The van der Waals surface area contributed by atoms with Crippen LogP contribution in [-0.2, 0) is 6.42 Å². The van der Waals surface area contributed by atoms with Crippen molar-refractivity contribution >= 4 is 11.5 Å². The molecule has 4 heteroatoms. The molecule has 1 N–H and O–H groups in total. The van der Waals surface area contributed by atoms with Crippen LogP contribution in [0.3, 0.4) is 0 Å². The quantitative estimate of drug-likeness (QED) is 0.905. The maximum absolute atomic E-state index is 12.9. The molecule has 1 heterocycles. The third-order valence-electron chi connectivity index (χ3n) is 3.07. The van der Waals surface area contributed by atoms with Crippen molar-refractivity contribution in [3.63, 3.8) is 0 Å². The van der Waals surface area contributed by atoms with E-state index in [0.29, 0.717) is 0 Å². The molecule has 0 saturated carbocycles. The van der Waals surface area contributed by atoms with Gasteiger partial charge in [0.25, 0.3) is 0 Å². The molecule has 0 radical (unpaired) electrons. The summed E-state index contributed by atoms with van der Waals surface area (Å²) in [5.41, 5.74) is 2.12. The van der Waals surface area contributed by atoms with Crippen LogP contribution in [0, 0.1) is 5.82 Å². The highest BCUT2D eigenvalue weighted by atomic mass is 19.1. The molecule has 1 atom stereocenters. The summed E-state index contributed by atoms with van der Waals surface area (Å²) in [7, 11) is 3.94. The van der Waals surface area contributed by atoms with E-state index in [1.165, 1.54) is 12.1 Å². The number of benzene rings is 1. The van der Waals surface area contributed by atoms with Gasteiger partial charge in [0.15, 0.2) is 5.82 Å². The average molecular weight is 273 g/mol. The number of hydrogen-bond donors (Lipinski definition) is 1. The predicted molar refractivity (Wildman–Crippen MR) is 81.8 cm³/mol. The van der Waals surface area contributed by atoms with Crippen molar-refractivity contribution in [2.75, 3.05) is 24.3 Å². The second kappa shape index (κ2) is 6.37. The standard InChI is InChI=1S/C16H20FN3/c1-12(11-13-6-8-14(17)9-7-13)19-15-5-4-10-18-16(15)20(2)3/h4-10,12,19H,11H2,1-3H3. The topological polar surface area (TPSA) is 28.2 Å². The lowest BCUT2D eigenvalue weighted by Gasteiger charge is -2.20. The molecular weight excluding hydrogens is 253 g/mol. The van der Waals surface area contributed by atoms with E-state index in [1.807, 2.05) is 43.3 Å². The number of hydrogen-bond acceptors (Lipinski definition) is 3. The van der Waals surface area contributed by atoms with Gasteiger partial charge in [-0.2, -0.15) is 0 Å². The van der Waals surface area contributed by atoms with Gasteiger partial charge in [0.1, 0.15) is 5.82 Å². The van der Waals surface area contributed by atoms with E-state index in [0.717, 1.165) is 23.5 Å². The number of halogens is 1. The van der Waals surface area contributed by atoms with Gasteiger partial charge in [-0.3, -0.25) is 0 Å². The van der Waals surface area contributed by atoms with E-state index < -0.39 is 0 Å². The molecule has 0 spiro atoms. The molecule has 106 valence electrons. The molecule has 0 amide bonds. The first kappa shape index (κ1) is 14.3. The summed E-state index contributed by atoms with van der Waals surface area (Å²) in [6, 6.07) is 10.8. The Balaban J connectivity index is 2.04. The van der Waals surface area contributed by atoms with Crippen molar-refractivity contribution in [1.82, 2.24) is 4.98 Å². The molecule has 0 aliphatic carbocycles. The second-order valence-electron chi connectivity index (χ2n) is 5.14. The molecule has 20 heavy (non-hydrogen) atoms. The molecule has 0 fully saturated rings. The lowest BCUT2D eigenvalue weighted by molar-refractivity contribution is 0.626. The summed E-state index contributed by atoms with van der Waals surface area (Å²) in [4.78, 5) is 6.34. The fourth-order valence-electron chi connectivity index (χ4n) is 2.16. The zero-order valence-corrected chi connectivity index (χ0v) is 12.1. The van der Waals surface area contributed by atoms with Crippen LogP contribution in [0.4, 0.5) is 15.9 Å². The number of nitrogens with zero attached hydrogens (tertiary/aromatic N) is 2. The Labute approximate surface area is 119 Å². The van der Waals surface area contributed by atoms with Crippen molar-refractivity contribution < 1.29 is 4.39 Å². The number of aromatic nitrogens is 1. The van der Waals surface area contributed by atoms with Crippen molar-refractivity contribution in [3.05, 3.63) is 54.0 Å². The van der Waals surface area contributed by atoms with Crippen LogP contribution in [0.15, 0.2) is 42.6 Å². The van der Waals surface area contributed by atoms with Gasteiger partial charge < -0.3 is 10.2 Å². The second-order valence-corrected chi connectivity index (χ2v) is 5.14. The van der Waals surface area contributed by atoms with E-state index >= 15 is 0 Å². The van der Waals surface area contributed by atoms with Crippen molar-refractivity contribution in [2.24, 2.45) is 0 Å². The smallest absolute Gasteiger partial charge is 0.151 e. The number of nitrogens with one attached hydrogen (secondary N) is 1.